The Labute approximate surface area is 56.4 Å². The lowest BCUT2D eigenvalue weighted by Gasteiger charge is -2.07. The Morgan fingerprint density at radius 1 is 2.00 bits per heavy atom. The van der Waals surface area contributed by atoms with Gasteiger partial charge in [0.2, 0.25) is 0 Å². The molecule has 0 saturated heterocycles. The Morgan fingerprint density at radius 2 is 2.62 bits per heavy atom. The molecule has 1 atom stereocenters. The summed E-state index contributed by atoms with van der Waals surface area (Å²) in [5.41, 5.74) is 0. The predicted octanol–water partition coefficient (Wildman–Crippen LogP) is 0.676. The topological polar surface area (TPSA) is 26.3 Å². The highest BCUT2D eigenvalue weighted by Crippen LogP contribution is 2.17. The van der Waals surface area contributed by atoms with Crippen LogP contribution in [0, 0.1) is 0 Å². The number of hydrogen-bond acceptors (Lipinski definition) is 2. The molecule has 1 rings (SSSR count). The van der Waals surface area contributed by atoms with Gasteiger partial charge in [0, 0.05) is 7.05 Å². The molecule has 1 heterocycles. The quantitative estimate of drug-likeness (QED) is 0.476. The van der Waals surface area contributed by atoms with Gasteiger partial charge in [-0.05, 0) is 0 Å². The zero-order valence-electron chi connectivity index (χ0n) is 4.43. The molecule has 1 aliphatic heterocycles. The van der Waals surface area contributed by atoms with Gasteiger partial charge in [-0.3, -0.25) is 0 Å². The zero-order valence-corrected chi connectivity index (χ0v) is 6.00. The summed E-state index contributed by atoms with van der Waals surface area (Å²) in [6.45, 7) is 0.619. The minimum Gasteiger partial charge on any atom is -0.593 e. The molecule has 0 aromatic rings. The average molecular weight is 152 g/mol. The van der Waals surface area contributed by atoms with E-state index in [1.165, 1.54) is 0 Å². The van der Waals surface area contributed by atoms with Crippen molar-refractivity contribution in [3.05, 3.63) is 10.4 Å². The minimum absolute atomic E-state index is 0.619. The third-order valence-corrected chi connectivity index (χ3v) is 2.50. The molecule has 0 saturated carbocycles. The molecule has 0 amide bonds. The first-order chi connectivity index (χ1) is 3.70. The number of likely N-dealkylation sites (N-methyl/N-ethyl adjacent to an activating group) is 1. The van der Waals surface area contributed by atoms with E-state index in [2.05, 4.69) is 0 Å². The maximum absolute atomic E-state index is 10.7. The molecule has 0 aliphatic carbocycles. The number of hydrogen-bond donors (Lipinski definition) is 0. The summed E-state index contributed by atoms with van der Waals surface area (Å²) >= 11 is 4.57. The van der Waals surface area contributed by atoms with Gasteiger partial charge in [-0.2, -0.15) is 0 Å². The summed E-state index contributed by atoms with van der Waals surface area (Å²) in [6, 6.07) is 0. The average Bonchev–Trinajstić information content (AvgIpc) is 1.85. The molecule has 0 N–H and O–H groups in total. The van der Waals surface area contributed by atoms with Gasteiger partial charge in [-0.25, -0.2) is 0 Å². The molecule has 46 valence electrons. The van der Waals surface area contributed by atoms with Gasteiger partial charge >= 0.3 is 0 Å². The normalized spacial score (nSPS) is 30.9. The fourth-order valence-corrected chi connectivity index (χ4v) is 1.73. The molecule has 0 spiro atoms. The summed E-state index contributed by atoms with van der Waals surface area (Å²) in [6.07, 6.45) is 0. The van der Waals surface area contributed by atoms with Crippen molar-refractivity contribution in [2.75, 3.05) is 13.6 Å². The van der Waals surface area contributed by atoms with Crippen LogP contribution in [0.4, 0.5) is 0 Å². The van der Waals surface area contributed by atoms with E-state index in [1.807, 2.05) is 0 Å². The lowest BCUT2D eigenvalue weighted by molar-refractivity contribution is 0.516. The highest BCUT2D eigenvalue weighted by molar-refractivity contribution is 7.92. The summed E-state index contributed by atoms with van der Waals surface area (Å²) in [4.78, 5) is 0. The highest BCUT2D eigenvalue weighted by atomic mass is 35.5. The van der Waals surface area contributed by atoms with Gasteiger partial charge in [0.05, 0.1) is 22.9 Å². The SMILES string of the molecule is CN1CC(Cl)=C[S+]1[O-]. The van der Waals surface area contributed by atoms with E-state index >= 15 is 0 Å². The van der Waals surface area contributed by atoms with Crippen molar-refractivity contribution in [3.8, 4) is 0 Å². The highest BCUT2D eigenvalue weighted by Gasteiger charge is 2.21. The largest absolute Gasteiger partial charge is 0.593 e. The predicted molar refractivity (Wildman–Crippen MR) is 34.7 cm³/mol. The van der Waals surface area contributed by atoms with E-state index in [0.29, 0.717) is 11.6 Å². The Kier molecular flexibility index (Phi) is 1.82. The summed E-state index contributed by atoms with van der Waals surface area (Å²) in [7, 11) is 1.77. The van der Waals surface area contributed by atoms with Crippen LogP contribution in [0.25, 0.3) is 0 Å². The van der Waals surface area contributed by atoms with E-state index in [9.17, 15) is 4.55 Å². The second-order valence-corrected chi connectivity index (χ2v) is 3.52. The molecule has 0 radical (unpaired) electrons. The third kappa shape index (κ3) is 1.17. The van der Waals surface area contributed by atoms with E-state index in [1.54, 1.807) is 16.8 Å². The fraction of sp³-hybridized carbons (Fsp3) is 0.500. The number of halogens is 1. The van der Waals surface area contributed by atoms with Crippen LogP contribution in [-0.2, 0) is 11.4 Å². The third-order valence-electron chi connectivity index (χ3n) is 0.910. The molecular formula is C4H6ClNOS. The Hall–Kier alpha value is 0.300. The van der Waals surface area contributed by atoms with Gasteiger partial charge in [0.25, 0.3) is 0 Å². The lowest BCUT2D eigenvalue weighted by atomic mass is 10.6. The minimum atomic E-state index is -0.958. The van der Waals surface area contributed by atoms with Crippen molar-refractivity contribution in [2.45, 2.75) is 0 Å². The van der Waals surface area contributed by atoms with Gasteiger partial charge in [0.15, 0.2) is 5.41 Å². The van der Waals surface area contributed by atoms with Crippen LogP contribution < -0.4 is 0 Å². The van der Waals surface area contributed by atoms with Crippen molar-refractivity contribution >= 4 is 23.0 Å². The first kappa shape index (κ1) is 6.42. The first-order valence-electron chi connectivity index (χ1n) is 2.18. The molecule has 1 unspecified atom stereocenters. The van der Waals surface area contributed by atoms with E-state index in [0.717, 1.165) is 0 Å². The van der Waals surface area contributed by atoms with Gasteiger partial charge in [0.1, 0.15) is 0 Å². The van der Waals surface area contributed by atoms with Crippen LogP contribution in [0.3, 0.4) is 0 Å². The van der Waals surface area contributed by atoms with Crippen LogP contribution in [0.1, 0.15) is 0 Å². The molecule has 0 bridgehead atoms. The zero-order chi connectivity index (χ0) is 6.15. The Balaban J connectivity index is 2.56. The molecule has 2 nitrogen and oxygen atoms in total. The van der Waals surface area contributed by atoms with E-state index in [4.69, 9.17) is 11.6 Å². The van der Waals surface area contributed by atoms with Crippen molar-refractivity contribution in [2.24, 2.45) is 0 Å². The van der Waals surface area contributed by atoms with Gasteiger partial charge < -0.3 is 4.55 Å². The number of nitrogens with zero attached hydrogens (tertiary/aromatic N) is 1. The molecular weight excluding hydrogens is 146 g/mol. The smallest absolute Gasteiger partial charge is 0.154 e. The lowest BCUT2D eigenvalue weighted by Crippen LogP contribution is -2.19. The van der Waals surface area contributed by atoms with Gasteiger partial charge in [-0.15, -0.1) is 4.31 Å². The van der Waals surface area contributed by atoms with Crippen molar-refractivity contribution in [1.82, 2.24) is 4.31 Å². The first-order valence-corrected chi connectivity index (χ1v) is 3.73. The molecule has 0 aromatic carbocycles. The van der Waals surface area contributed by atoms with Crippen LogP contribution >= 0.6 is 11.6 Å². The maximum Gasteiger partial charge on any atom is 0.154 e. The summed E-state index contributed by atoms with van der Waals surface area (Å²) in [5, 5.41) is 2.22. The summed E-state index contributed by atoms with van der Waals surface area (Å²) < 4.78 is 12.3. The van der Waals surface area contributed by atoms with E-state index in [-0.39, 0.29) is 0 Å². The molecule has 8 heavy (non-hydrogen) atoms. The Bertz CT molecular complexity index is 127. The molecule has 0 aromatic heterocycles. The second kappa shape index (κ2) is 2.27. The molecule has 1 aliphatic rings. The maximum atomic E-state index is 10.7. The van der Waals surface area contributed by atoms with Crippen LogP contribution in [0.2, 0.25) is 0 Å². The van der Waals surface area contributed by atoms with Crippen LogP contribution in [0.5, 0.6) is 0 Å². The van der Waals surface area contributed by atoms with Crippen molar-refractivity contribution in [1.29, 1.82) is 0 Å². The summed E-state index contributed by atoms with van der Waals surface area (Å²) in [5.74, 6) is 0. The second-order valence-electron chi connectivity index (χ2n) is 1.63. The fourth-order valence-electron chi connectivity index (χ4n) is 0.513. The monoisotopic (exact) mass is 151 g/mol. The molecule has 0 fully saturated rings. The Morgan fingerprint density at radius 3 is 2.75 bits per heavy atom. The standard InChI is InChI=1S/C4H6ClNOS/c1-6-2-4(5)3-8(6)7/h3H,2H2,1H3. The number of rotatable bonds is 0. The van der Waals surface area contributed by atoms with Crippen LogP contribution in [0.15, 0.2) is 10.4 Å². The van der Waals surface area contributed by atoms with Crippen LogP contribution in [-0.4, -0.2) is 22.5 Å². The van der Waals surface area contributed by atoms with E-state index < -0.39 is 11.4 Å². The molecule has 4 heteroatoms. The van der Waals surface area contributed by atoms with Gasteiger partial charge in [-0.1, -0.05) is 11.6 Å². The van der Waals surface area contributed by atoms with Crippen molar-refractivity contribution in [3.63, 3.8) is 0 Å². The van der Waals surface area contributed by atoms with Crippen molar-refractivity contribution < 1.29 is 4.55 Å².